The van der Waals surface area contributed by atoms with Gasteiger partial charge in [-0.3, -0.25) is 4.90 Å². The molecule has 4 heteroatoms. The summed E-state index contributed by atoms with van der Waals surface area (Å²) in [6, 6.07) is 7.17. The van der Waals surface area contributed by atoms with E-state index >= 15 is 0 Å². The lowest BCUT2D eigenvalue weighted by Gasteiger charge is -2.19. The number of nitrogens with zero attached hydrogens (tertiary/aromatic N) is 2. The first-order valence-corrected chi connectivity index (χ1v) is 6.00. The molecular formula is C12H14BrFN2. The third kappa shape index (κ3) is 3.92. The third-order valence-electron chi connectivity index (χ3n) is 2.40. The van der Waals surface area contributed by atoms with Crippen molar-refractivity contribution in [2.75, 3.05) is 13.1 Å². The maximum atomic E-state index is 13.5. The van der Waals surface area contributed by atoms with E-state index in [1.165, 1.54) is 6.07 Å². The van der Waals surface area contributed by atoms with E-state index in [9.17, 15) is 4.39 Å². The van der Waals surface area contributed by atoms with Gasteiger partial charge in [0.15, 0.2) is 0 Å². The summed E-state index contributed by atoms with van der Waals surface area (Å²) < 4.78 is 14.3. The summed E-state index contributed by atoms with van der Waals surface area (Å²) in [5.41, 5.74) is 0.669. The van der Waals surface area contributed by atoms with Crippen molar-refractivity contribution in [3.8, 4) is 6.07 Å². The molecule has 0 saturated carbocycles. The van der Waals surface area contributed by atoms with Gasteiger partial charge in [-0.25, -0.2) is 4.39 Å². The molecule has 0 radical (unpaired) electrons. The van der Waals surface area contributed by atoms with Crippen LogP contribution >= 0.6 is 15.9 Å². The summed E-state index contributed by atoms with van der Waals surface area (Å²) in [4.78, 5) is 2.05. The van der Waals surface area contributed by atoms with Crippen molar-refractivity contribution < 1.29 is 4.39 Å². The maximum Gasteiger partial charge on any atom is 0.128 e. The second-order valence-corrected chi connectivity index (χ2v) is 4.43. The Hall–Kier alpha value is -0.920. The van der Waals surface area contributed by atoms with Crippen molar-refractivity contribution in [3.63, 3.8) is 0 Å². The van der Waals surface area contributed by atoms with Crippen LogP contribution in [0.5, 0.6) is 0 Å². The summed E-state index contributed by atoms with van der Waals surface area (Å²) in [5, 5.41) is 8.51. The fraction of sp³-hybridized carbons (Fsp3) is 0.417. The fourth-order valence-corrected chi connectivity index (χ4v) is 1.78. The quantitative estimate of drug-likeness (QED) is 0.829. The largest absolute Gasteiger partial charge is 0.298 e. The van der Waals surface area contributed by atoms with Crippen molar-refractivity contribution >= 4 is 15.9 Å². The normalized spacial score (nSPS) is 10.4. The summed E-state index contributed by atoms with van der Waals surface area (Å²) in [7, 11) is 0. The highest BCUT2D eigenvalue weighted by molar-refractivity contribution is 9.10. The highest BCUT2D eigenvalue weighted by atomic mass is 79.9. The molecule has 0 fully saturated rings. The molecule has 1 aromatic rings. The molecule has 2 nitrogen and oxygen atoms in total. The fourth-order valence-electron chi connectivity index (χ4n) is 1.45. The molecule has 0 unspecified atom stereocenters. The third-order valence-corrected chi connectivity index (χ3v) is 2.89. The Morgan fingerprint density at radius 1 is 1.50 bits per heavy atom. The molecule has 0 saturated heterocycles. The molecule has 0 N–H and O–H groups in total. The molecule has 0 aliphatic carbocycles. The molecule has 0 aromatic heterocycles. The predicted molar refractivity (Wildman–Crippen MR) is 65.3 cm³/mol. The molecule has 0 amide bonds. The van der Waals surface area contributed by atoms with Crippen molar-refractivity contribution in [1.82, 2.24) is 4.90 Å². The van der Waals surface area contributed by atoms with Crippen LogP contribution in [0.4, 0.5) is 4.39 Å². The lowest BCUT2D eigenvalue weighted by atomic mass is 10.2. The van der Waals surface area contributed by atoms with Crippen LogP contribution < -0.4 is 0 Å². The van der Waals surface area contributed by atoms with E-state index in [4.69, 9.17) is 5.26 Å². The molecular weight excluding hydrogens is 271 g/mol. The van der Waals surface area contributed by atoms with E-state index in [-0.39, 0.29) is 5.82 Å². The van der Waals surface area contributed by atoms with E-state index in [0.717, 1.165) is 11.0 Å². The zero-order valence-corrected chi connectivity index (χ0v) is 10.8. The molecule has 0 heterocycles. The van der Waals surface area contributed by atoms with Gasteiger partial charge in [0.25, 0.3) is 0 Å². The second kappa shape index (κ2) is 6.62. The zero-order valence-electron chi connectivity index (χ0n) is 9.21. The van der Waals surface area contributed by atoms with Crippen molar-refractivity contribution in [2.24, 2.45) is 0 Å². The minimum Gasteiger partial charge on any atom is -0.298 e. The SMILES string of the molecule is CCN(CCC#N)Cc1ccc(Br)cc1F. The van der Waals surface area contributed by atoms with Crippen molar-refractivity contribution in [2.45, 2.75) is 19.9 Å². The Morgan fingerprint density at radius 2 is 2.25 bits per heavy atom. The van der Waals surface area contributed by atoms with E-state index < -0.39 is 0 Å². The van der Waals surface area contributed by atoms with Crippen LogP contribution in [0.25, 0.3) is 0 Å². The van der Waals surface area contributed by atoms with Crippen LogP contribution in [0.15, 0.2) is 22.7 Å². The first kappa shape index (κ1) is 13.1. The standard InChI is InChI=1S/C12H14BrFN2/c1-2-16(7-3-6-15)9-10-4-5-11(13)8-12(10)14/h4-5,8H,2-3,7,9H2,1H3. The highest BCUT2D eigenvalue weighted by Gasteiger charge is 2.07. The minimum atomic E-state index is -0.204. The van der Waals surface area contributed by atoms with Gasteiger partial charge in [-0.15, -0.1) is 0 Å². The van der Waals surface area contributed by atoms with Gasteiger partial charge in [0, 0.05) is 29.5 Å². The predicted octanol–water partition coefficient (Wildman–Crippen LogP) is 3.32. The van der Waals surface area contributed by atoms with E-state index in [1.807, 2.05) is 13.0 Å². The van der Waals surface area contributed by atoms with Crippen LogP contribution in [0, 0.1) is 17.1 Å². The van der Waals surface area contributed by atoms with Gasteiger partial charge in [0.1, 0.15) is 5.82 Å². The molecule has 0 spiro atoms. The smallest absolute Gasteiger partial charge is 0.128 e. The monoisotopic (exact) mass is 284 g/mol. The lowest BCUT2D eigenvalue weighted by molar-refractivity contribution is 0.282. The van der Waals surface area contributed by atoms with Crippen LogP contribution in [-0.2, 0) is 6.54 Å². The Morgan fingerprint density at radius 3 is 2.81 bits per heavy atom. The lowest BCUT2D eigenvalue weighted by Crippen LogP contribution is -2.24. The van der Waals surface area contributed by atoms with Gasteiger partial charge in [0.05, 0.1) is 6.07 Å². The van der Waals surface area contributed by atoms with Crippen LogP contribution in [0.1, 0.15) is 18.9 Å². The van der Waals surface area contributed by atoms with Crippen LogP contribution in [-0.4, -0.2) is 18.0 Å². The van der Waals surface area contributed by atoms with E-state index in [1.54, 1.807) is 6.07 Å². The first-order chi connectivity index (χ1) is 7.67. The zero-order chi connectivity index (χ0) is 12.0. The molecule has 86 valence electrons. The second-order valence-electron chi connectivity index (χ2n) is 3.51. The summed E-state index contributed by atoms with van der Waals surface area (Å²) in [6.07, 6.45) is 0.478. The molecule has 0 aliphatic heterocycles. The van der Waals surface area contributed by atoms with Gasteiger partial charge in [-0.2, -0.15) is 5.26 Å². The van der Waals surface area contributed by atoms with Gasteiger partial charge in [0.2, 0.25) is 0 Å². The van der Waals surface area contributed by atoms with Gasteiger partial charge >= 0.3 is 0 Å². The van der Waals surface area contributed by atoms with Gasteiger partial charge < -0.3 is 0 Å². The Labute approximate surface area is 104 Å². The molecule has 0 bridgehead atoms. The van der Waals surface area contributed by atoms with E-state index in [2.05, 4.69) is 26.9 Å². The Bertz CT molecular complexity index is 387. The number of halogens is 2. The number of benzene rings is 1. The van der Waals surface area contributed by atoms with Crippen molar-refractivity contribution in [1.29, 1.82) is 5.26 Å². The first-order valence-electron chi connectivity index (χ1n) is 5.20. The number of hydrogen-bond donors (Lipinski definition) is 0. The molecule has 0 atom stereocenters. The van der Waals surface area contributed by atoms with Crippen LogP contribution in [0.2, 0.25) is 0 Å². The molecule has 1 aromatic carbocycles. The Kier molecular flexibility index (Phi) is 5.44. The van der Waals surface area contributed by atoms with Gasteiger partial charge in [-0.1, -0.05) is 28.9 Å². The maximum absolute atomic E-state index is 13.5. The van der Waals surface area contributed by atoms with Crippen molar-refractivity contribution in [3.05, 3.63) is 34.1 Å². The average molecular weight is 285 g/mol. The number of rotatable bonds is 5. The summed E-state index contributed by atoms with van der Waals surface area (Å²) in [5.74, 6) is -0.204. The summed E-state index contributed by atoms with van der Waals surface area (Å²) >= 11 is 3.22. The molecule has 0 aliphatic rings. The van der Waals surface area contributed by atoms with Crippen LogP contribution in [0.3, 0.4) is 0 Å². The summed E-state index contributed by atoms with van der Waals surface area (Å²) in [6.45, 7) is 4.06. The topological polar surface area (TPSA) is 27.0 Å². The molecule has 1 rings (SSSR count). The van der Waals surface area contributed by atoms with Gasteiger partial charge in [-0.05, 0) is 18.7 Å². The highest BCUT2D eigenvalue weighted by Crippen LogP contribution is 2.16. The number of hydrogen-bond acceptors (Lipinski definition) is 2. The number of nitriles is 1. The Balaban J connectivity index is 2.67. The molecule has 16 heavy (non-hydrogen) atoms. The minimum absolute atomic E-state index is 0.204. The van der Waals surface area contributed by atoms with E-state index in [0.29, 0.717) is 25.1 Å². The average Bonchev–Trinajstić information content (AvgIpc) is 2.27.